The van der Waals surface area contributed by atoms with Crippen molar-refractivity contribution in [2.45, 2.75) is 32.3 Å². The van der Waals surface area contributed by atoms with Crippen LogP contribution in [0.25, 0.3) is 10.8 Å². The van der Waals surface area contributed by atoms with E-state index in [0.29, 0.717) is 12.1 Å². The number of carbonyl (C=O) groups excluding carboxylic acids is 1. The largest absolute Gasteiger partial charge is 0.485 e. The number of hydrogen-bond donors (Lipinski definition) is 1. The lowest BCUT2D eigenvalue weighted by molar-refractivity contribution is 0.0599. The molecule has 1 aliphatic heterocycles. The van der Waals surface area contributed by atoms with Crippen molar-refractivity contribution in [3.8, 4) is 5.75 Å². The summed E-state index contributed by atoms with van der Waals surface area (Å²) >= 11 is 0. The molecule has 0 aliphatic carbocycles. The molecule has 37 heavy (non-hydrogen) atoms. The first-order chi connectivity index (χ1) is 18.0. The molecule has 5 heteroatoms. The van der Waals surface area contributed by atoms with Crippen molar-refractivity contribution in [2.24, 2.45) is 0 Å². The second kappa shape index (κ2) is 11.1. The van der Waals surface area contributed by atoms with Crippen LogP contribution in [-0.4, -0.2) is 38.8 Å². The van der Waals surface area contributed by atoms with Crippen LogP contribution >= 0.6 is 0 Å². The summed E-state index contributed by atoms with van der Waals surface area (Å²) in [5.74, 6) is 0.764. The van der Waals surface area contributed by atoms with Crippen molar-refractivity contribution in [1.29, 1.82) is 0 Å². The van der Waals surface area contributed by atoms with E-state index < -0.39 is 0 Å². The second-order valence-corrected chi connectivity index (χ2v) is 9.83. The number of nitrogens with zero attached hydrogens (tertiary/aromatic N) is 1. The van der Waals surface area contributed by atoms with Gasteiger partial charge in [-0.3, -0.25) is 0 Å². The Kier molecular flexibility index (Phi) is 7.42. The Morgan fingerprint density at radius 2 is 1.81 bits per heavy atom. The van der Waals surface area contributed by atoms with Gasteiger partial charge in [0.2, 0.25) is 0 Å². The summed E-state index contributed by atoms with van der Waals surface area (Å²) in [6.45, 7) is 6.45. The molecule has 4 aromatic rings. The van der Waals surface area contributed by atoms with E-state index in [1.165, 1.54) is 23.4 Å². The van der Waals surface area contributed by atoms with Gasteiger partial charge in [-0.25, -0.2) is 4.79 Å². The fourth-order valence-electron chi connectivity index (χ4n) is 5.15. The summed E-state index contributed by atoms with van der Waals surface area (Å²) in [6.07, 6.45) is 0.918. The van der Waals surface area contributed by atoms with Gasteiger partial charge < -0.3 is 19.7 Å². The first-order valence-electron chi connectivity index (χ1n) is 13.0. The summed E-state index contributed by atoms with van der Waals surface area (Å²) < 4.78 is 11.5. The Morgan fingerprint density at radius 3 is 2.65 bits per heavy atom. The number of methoxy groups -OCH3 is 1. The molecule has 0 unspecified atom stereocenters. The lowest BCUT2D eigenvalue weighted by atomic mass is 9.96. The minimum Gasteiger partial charge on any atom is -0.485 e. The Bertz CT molecular complexity index is 1390. The molecule has 5 rings (SSSR count). The van der Waals surface area contributed by atoms with Gasteiger partial charge in [-0.2, -0.15) is 0 Å². The number of nitrogens with one attached hydrogen (secondary N) is 1. The third kappa shape index (κ3) is 5.32. The molecule has 0 saturated carbocycles. The summed E-state index contributed by atoms with van der Waals surface area (Å²) in [4.78, 5) is 14.8. The number of esters is 1. The Labute approximate surface area is 219 Å². The molecule has 4 aromatic carbocycles. The summed E-state index contributed by atoms with van der Waals surface area (Å²) in [7, 11) is 1.43. The van der Waals surface area contributed by atoms with Crippen molar-refractivity contribution < 1.29 is 14.3 Å². The number of hydrogen-bond acceptors (Lipinski definition) is 5. The molecule has 1 N–H and O–H groups in total. The van der Waals surface area contributed by atoms with Crippen LogP contribution in [0.1, 0.15) is 41.3 Å². The van der Waals surface area contributed by atoms with Gasteiger partial charge >= 0.3 is 5.97 Å². The number of rotatable bonds is 8. The number of fused-ring (bicyclic) bond motifs is 2. The highest BCUT2D eigenvalue weighted by Crippen LogP contribution is 2.39. The Hall–Kier alpha value is -3.83. The molecule has 1 atom stereocenters. The number of anilines is 2. The minimum absolute atomic E-state index is 0.0335. The third-order valence-corrected chi connectivity index (χ3v) is 7.03. The molecule has 0 radical (unpaired) electrons. The monoisotopic (exact) mass is 494 g/mol. The molecule has 0 aromatic heterocycles. The van der Waals surface area contributed by atoms with Crippen molar-refractivity contribution in [1.82, 2.24) is 5.32 Å². The van der Waals surface area contributed by atoms with Gasteiger partial charge in [0, 0.05) is 12.2 Å². The van der Waals surface area contributed by atoms with E-state index in [0.717, 1.165) is 42.2 Å². The second-order valence-electron chi connectivity index (χ2n) is 9.83. The highest BCUT2D eigenvalue weighted by Gasteiger charge is 2.27. The fourth-order valence-corrected chi connectivity index (χ4v) is 5.15. The molecule has 1 heterocycles. The minimum atomic E-state index is -0.307. The highest BCUT2D eigenvalue weighted by atomic mass is 16.5. The van der Waals surface area contributed by atoms with Crippen molar-refractivity contribution in [3.63, 3.8) is 0 Å². The average molecular weight is 495 g/mol. The molecule has 0 saturated heterocycles. The topological polar surface area (TPSA) is 50.8 Å². The van der Waals surface area contributed by atoms with E-state index in [2.05, 4.69) is 78.7 Å². The normalized spacial score (nSPS) is 14.9. The molecule has 0 amide bonds. The SMILES string of the molecule is COC(=O)c1cc(N2C[C@@H](CNCCc3cccc4ccccc34)Oc3ccccc32)ccc1C(C)C. The predicted octanol–water partition coefficient (Wildman–Crippen LogP) is 6.48. The number of para-hydroxylation sites is 2. The maximum Gasteiger partial charge on any atom is 0.338 e. The molecule has 5 nitrogen and oxygen atoms in total. The van der Waals surface area contributed by atoms with Gasteiger partial charge in [0.05, 0.1) is 24.9 Å². The van der Waals surface area contributed by atoms with Crippen LogP contribution in [0, 0.1) is 0 Å². The Morgan fingerprint density at radius 1 is 1.03 bits per heavy atom. The maximum absolute atomic E-state index is 12.6. The average Bonchev–Trinajstić information content (AvgIpc) is 2.94. The van der Waals surface area contributed by atoms with Gasteiger partial charge in [-0.1, -0.05) is 74.5 Å². The molecule has 0 bridgehead atoms. The van der Waals surface area contributed by atoms with Crippen LogP contribution in [0.5, 0.6) is 5.75 Å². The van der Waals surface area contributed by atoms with Gasteiger partial charge in [0.1, 0.15) is 11.9 Å². The van der Waals surface area contributed by atoms with Crippen molar-refractivity contribution >= 4 is 28.1 Å². The van der Waals surface area contributed by atoms with E-state index in [1.807, 2.05) is 30.3 Å². The zero-order valence-corrected chi connectivity index (χ0v) is 21.7. The van der Waals surface area contributed by atoms with Crippen LogP contribution in [0.2, 0.25) is 0 Å². The third-order valence-electron chi connectivity index (χ3n) is 7.03. The summed E-state index contributed by atoms with van der Waals surface area (Å²) in [6, 6.07) is 29.2. The van der Waals surface area contributed by atoms with E-state index >= 15 is 0 Å². The number of benzene rings is 4. The highest BCUT2D eigenvalue weighted by molar-refractivity contribution is 5.93. The van der Waals surface area contributed by atoms with Crippen molar-refractivity contribution in [3.05, 3.63) is 102 Å². The zero-order valence-electron chi connectivity index (χ0n) is 21.7. The Balaban J connectivity index is 1.32. The standard InChI is InChI=1S/C32H34N2O3/c1-22(2)27-16-15-25(19-29(27)32(35)36-3)34-21-26(37-31-14-7-6-13-30(31)34)20-33-18-17-24-11-8-10-23-9-4-5-12-28(23)24/h4-16,19,22,26,33H,17-18,20-21H2,1-3H3/t26-/m1/s1. The first-order valence-corrected chi connectivity index (χ1v) is 13.0. The molecule has 0 fully saturated rings. The lowest BCUT2D eigenvalue weighted by Gasteiger charge is -2.36. The number of carbonyl (C=O) groups is 1. The first kappa shape index (κ1) is 24.8. The molecular weight excluding hydrogens is 460 g/mol. The summed E-state index contributed by atoms with van der Waals surface area (Å²) in [5, 5.41) is 6.20. The smallest absolute Gasteiger partial charge is 0.338 e. The van der Waals surface area contributed by atoms with Gasteiger partial charge in [-0.05, 0) is 65.0 Å². The van der Waals surface area contributed by atoms with Crippen LogP contribution in [0.4, 0.5) is 11.4 Å². The van der Waals surface area contributed by atoms with E-state index in [4.69, 9.17) is 9.47 Å². The lowest BCUT2D eigenvalue weighted by Crippen LogP contribution is -2.43. The molecular formula is C32H34N2O3. The van der Waals surface area contributed by atoms with Crippen LogP contribution in [-0.2, 0) is 11.2 Å². The molecule has 0 spiro atoms. The number of ether oxygens (including phenoxy) is 2. The van der Waals surface area contributed by atoms with Crippen LogP contribution < -0.4 is 15.0 Å². The zero-order chi connectivity index (χ0) is 25.8. The van der Waals surface area contributed by atoms with Gasteiger partial charge in [0.15, 0.2) is 0 Å². The summed E-state index contributed by atoms with van der Waals surface area (Å²) in [5.41, 5.74) is 4.92. The van der Waals surface area contributed by atoms with E-state index in [9.17, 15) is 4.79 Å². The maximum atomic E-state index is 12.6. The molecule has 1 aliphatic rings. The van der Waals surface area contributed by atoms with E-state index in [-0.39, 0.29) is 18.0 Å². The fraction of sp³-hybridized carbons (Fsp3) is 0.281. The predicted molar refractivity (Wildman–Crippen MR) is 150 cm³/mol. The van der Waals surface area contributed by atoms with Crippen LogP contribution in [0.3, 0.4) is 0 Å². The van der Waals surface area contributed by atoms with Gasteiger partial charge in [0.25, 0.3) is 0 Å². The van der Waals surface area contributed by atoms with E-state index in [1.54, 1.807) is 0 Å². The van der Waals surface area contributed by atoms with Gasteiger partial charge in [-0.15, -0.1) is 0 Å². The molecule has 190 valence electrons. The quantitative estimate of drug-likeness (QED) is 0.224. The van der Waals surface area contributed by atoms with Crippen molar-refractivity contribution in [2.75, 3.05) is 31.6 Å². The van der Waals surface area contributed by atoms with Crippen LogP contribution in [0.15, 0.2) is 84.9 Å².